The zero-order valence-electron chi connectivity index (χ0n) is 32.9. The van der Waals surface area contributed by atoms with Gasteiger partial charge in [0, 0.05) is 40.2 Å². The maximum atomic E-state index is 5.28. The van der Waals surface area contributed by atoms with Gasteiger partial charge in [-0.1, -0.05) is 128 Å². The number of benzene rings is 5. The third-order valence-electron chi connectivity index (χ3n) is 10.2. The van der Waals surface area contributed by atoms with E-state index in [0.29, 0.717) is 23.2 Å². The number of aliphatic imine (C=N–C) groups is 2. The summed E-state index contributed by atoms with van der Waals surface area (Å²) in [5.74, 6) is 1.65. The molecule has 0 radical (unpaired) electrons. The zero-order valence-corrected chi connectivity index (χ0v) is 32.9. The van der Waals surface area contributed by atoms with Crippen LogP contribution < -0.4 is 0 Å². The molecule has 7 heteroatoms. The van der Waals surface area contributed by atoms with Gasteiger partial charge in [-0.05, 0) is 95.8 Å². The lowest BCUT2D eigenvalue weighted by atomic mass is 9.96. The van der Waals surface area contributed by atoms with Gasteiger partial charge in [-0.3, -0.25) is 15.0 Å². The SMILES string of the molecule is C=CC=NC(=C)C1=NC(c2cc(-c3ccccc3)cc(-c3nc(-c4ccccc4)nc(-c4cc(-c5ccccc5)cc(-c5cccc(-c6ccccn6)n5)c4)n3)c2)=CCC1. The molecule has 7 nitrogen and oxygen atoms in total. The van der Waals surface area contributed by atoms with E-state index >= 15 is 0 Å². The Morgan fingerprint density at radius 1 is 0.483 bits per heavy atom. The molecule has 0 saturated carbocycles. The van der Waals surface area contributed by atoms with Gasteiger partial charge in [0.2, 0.25) is 0 Å². The van der Waals surface area contributed by atoms with E-state index in [9.17, 15) is 0 Å². The molecule has 60 heavy (non-hydrogen) atoms. The molecule has 0 saturated heterocycles. The smallest absolute Gasteiger partial charge is 0.164 e. The lowest BCUT2D eigenvalue weighted by molar-refractivity contribution is 1.06. The minimum Gasteiger partial charge on any atom is -0.256 e. The van der Waals surface area contributed by atoms with E-state index in [0.717, 1.165) is 91.4 Å². The highest BCUT2D eigenvalue weighted by Gasteiger charge is 2.19. The Morgan fingerprint density at radius 3 is 1.62 bits per heavy atom. The Hall–Kier alpha value is -8.03. The third-order valence-corrected chi connectivity index (χ3v) is 10.2. The molecule has 0 bridgehead atoms. The topological polar surface area (TPSA) is 89.2 Å². The summed E-state index contributed by atoms with van der Waals surface area (Å²) < 4.78 is 0. The van der Waals surface area contributed by atoms with Crippen molar-refractivity contribution in [2.45, 2.75) is 12.8 Å². The fourth-order valence-corrected chi connectivity index (χ4v) is 7.21. The highest BCUT2D eigenvalue weighted by Crippen LogP contribution is 2.36. The summed E-state index contributed by atoms with van der Waals surface area (Å²) in [5, 5.41) is 0. The molecule has 9 rings (SSSR count). The largest absolute Gasteiger partial charge is 0.256 e. The third kappa shape index (κ3) is 8.33. The van der Waals surface area contributed by atoms with Gasteiger partial charge in [0.1, 0.15) is 0 Å². The highest BCUT2D eigenvalue weighted by molar-refractivity contribution is 6.04. The van der Waals surface area contributed by atoms with Crippen LogP contribution in [0.1, 0.15) is 18.4 Å². The molecule has 1 aliphatic heterocycles. The zero-order chi connectivity index (χ0) is 40.7. The van der Waals surface area contributed by atoms with Crippen molar-refractivity contribution in [3.8, 4) is 79.1 Å². The predicted molar refractivity (Wildman–Crippen MR) is 246 cm³/mol. The first kappa shape index (κ1) is 37.5. The van der Waals surface area contributed by atoms with E-state index in [1.807, 2.05) is 103 Å². The minimum atomic E-state index is 0.541. The van der Waals surface area contributed by atoms with Crippen LogP contribution in [0, 0.1) is 0 Å². The van der Waals surface area contributed by atoms with E-state index < -0.39 is 0 Å². The van der Waals surface area contributed by atoms with E-state index in [1.165, 1.54) is 0 Å². The van der Waals surface area contributed by atoms with Crippen LogP contribution in [-0.2, 0) is 0 Å². The van der Waals surface area contributed by atoms with Crippen LogP contribution in [0.25, 0.3) is 84.8 Å². The van der Waals surface area contributed by atoms with Crippen molar-refractivity contribution in [1.82, 2.24) is 24.9 Å². The van der Waals surface area contributed by atoms with Crippen LogP contribution in [0.2, 0.25) is 0 Å². The van der Waals surface area contributed by atoms with Crippen molar-refractivity contribution in [2.24, 2.45) is 9.98 Å². The van der Waals surface area contributed by atoms with E-state index in [2.05, 4.69) is 89.9 Å². The maximum absolute atomic E-state index is 5.28. The Labute approximate surface area is 349 Å². The Kier molecular flexibility index (Phi) is 10.8. The van der Waals surface area contributed by atoms with Gasteiger partial charge in [0.05, 0.1) is 34.2 Å². The van der Waals surface area contributed by atoms with Crippen LogP contribution in [0.3, 0.4) is 0 Å². The van der Waals surface area contributed by atoms with Crippen molar-refractivity contribution in [2.75, 3.05) is 0 Å². The van der Waals surface area contributed by atoms with Crippen molar-refractivity contribution in [1.29, 1.82) is 0 Å². The first-order valence-electron chi connectivity index (χ1n) is 19.8. The molecule has 8 aromatic rings. The average molecular weight is 774 g/mol. The molecule has 0 N–H and O–H groups in total. The summed E-state index contributed by atoms with van der Waals surface area (Å²) in [6, 6.07) is 55.5. The molecule has 1 aliphatic rings. The number of pyridine rings is 2. The maximum Gasteiger partial charge on any atom is 0.164 e. The first-order valence-corrected chi connectivity index (χ1v) is 19.8. The summed E-state index contributed by atoms with van der Waals surface area (Å²) in [7, 11) is 0. The molecule has 0 fully saturated rings. The Bertz CT molecular complexity index is 2940. The minimum absolute atomic E-state index is 0.541. The van der Waals surface area contributed by atoms with Crippen LogP contribution in [-0.4, -0.2) is 36.8 Å². The number of hydrogen-bond acceptors (Lipinski definition) is 7. The molecular weight excluding hydrogens is 735 g/mol. The summed E-state index contributed by atoms with van der Waals surface area (Å²) >= 11 is 0. The lowest BCUT2D eigenvalue weighted by Gasteiger charge is -2.16. The van der Waals surface area contributed by atoms with Crippen LogP contribution in [0.5, 0.6) is 0 Å². The van der Waals surface area contributed by atoms with Crippen molar-refractivity contribution < 1.29 is 0 Å². The molecule has 0 spiro atoms. The number of hydrogen-bond donors (Lipinski definition) is 0. The Morgan fingerprint density at radius 2 is 1.00 bits per heavy atom. The molecule has 4 heterocycles. The molecule has 0 aliphatic carbocycles. The van der Waals surface area contributed by atoms with Crippen molar-refractivity contribution in [3.05, 3.63) is 207 Å². The normalized spacial score (nSPS) is 12.5. The summed E-state index contributed by atoms with van der Waals surface area (Å²) in [6.07, 6.45) is 8.82. The van der Waals surface area contributed by atoms with E-state index in [-0.39, 0.29) is 0 Å². The van der Waals surface area contributed by atoms with Gasteiger partial charge < -0.3 is 0 Å². The monoisotopic (exact) mass is 773 g/mol. The van der Waals surface area contributed by atoms with Crippen LogP contribution in [0.4, 0.5) is 0 Å². The van der Waals surface area contributed by atoms with Gasteiger partial charge in [0.25, 0.3) is 0 Å². The molecule has 3 aromatic heterocycles. The second kappa shape index (κ2) is 17.2. The summed E-state index contributed by atoms with van der Waals surface area (Å²) in [5.41, 5.74) is 13.3. The van der Waals surface area contributed by atoms with Crippen LogP contribution in [0.15, 0.2) is 211 Å². The fourth-order valence-electron chi connectivity index (χ4n) is 7.21. The fraction of sp³-hybridized carbons (Fsp3) is 0.0377. The van der Waals surface area contributed by atoms with Gasteiger partial charge in [-0.15, -0.1) is 0 Å². The molecule has 0 amide bonds. The molecule has 0 unspecified atom stereocenters. The quantitative estimate of drug-likeness (QED) is 0.122. The van der Waals surface area contributed by atoms with Crippen LogP contribution >= 0.6 is 0 Å². The number of aromatic nitrogens is 5. The van der Waals surface area contributed by atoms with Gasteiger partial charge in [-0.25, -0.2) is 19.9 Å². The number of allylic oxidation sites excluding steroid dienone is 3. The second-order valence-electron chi connectivity index (χ2n) is 14.3. The highest BCUT2D eigenvalue weighted by atomic mass is 15.0. The lowest BCUT2D eigenvalue weighted by Crippen LogP contribution is -2.05. The van der Waals surface area contributed by atoms with Gasteiger partial charge in [-0.2, -0.15) is 0 Å². The van der Waals surface area contributed by atoms with E-state index in [4.69, 9.17) is 24.9 Å². The van der Waals surface area contributed by atoms with Gasteiger partial charge >= 0.3 is 0 Å². The molecule has 286 valence electrons. The summed E-state index contributed by atoms with van der Waals surface area (Å²) in [6.45, 7) is 7.94. The predicted octanol–water partition coefficient (Wildman–Crippen LogP) is 12.7. The number of nitrogens with zero attached hydrogens (tertiary/aromatic N) is 7. The molecule has 0 atom stereocenters. The average Bonchev–Trinajstić information content (AvgIpc) is 3.34. The van der Waals surface area contributed by atoms with Crippen molar-refractivity contribution in [3.63, 3.8) is 0 Å². The molecule has 5 aromatic carbocycles. The van der Waals surface area contributed by atoms with Gasteiger partial charge in [0.15, 0.2) is 17.5 Å². The van der Waals surface area contributed by atoms with E-state index in [1.54, 1.807) is 18.5 Å². The van der Waals surface area contributed by atoms with Crippen molar-refractivity contribution >= 4 is 17.6 Å². The second-order valence-corrected chi connectivity index (χ2v) is 14.3. The first-order chi connectivity index (χ1) is 29.6. The Balaban J connectivity index is 1.23. The molecular formula is C53H39N7. The summed E-state index contributed by atoms with van der Waals surface area (Å²) in [4.78, 5) is 34.8. The number of rotatable bonds is 11. The standard InChI is InChI=1S/C53H39N7/c1-3-28-54-36(2)46-24-15-25-47(56-46)42-30-40(37-17-7-4-8-18-37)32-44(34-42)52-58-51(39-21-11-6-12-22-39)59-53(60-52)45-33-41(38-19-9-5-10-20-38)31-43(35-45)48-26-16-27-50(57-48)49-23-13-14-29-55-49/h3-14,16-23,25-35H,1-2,15,24H2.